The molecule has 1 fully saturated rings. The zero-order chi connectivity index (χ0) is 21.4. The number of anilines is 1. The van der Waals surface area contributed by atoms with Gasteiger partial charge < -0.3 is 15.3 Å². The van der Waals surface area contributed by atoms with Crippen molar-refractivity contribution in [2.45, 2.75) is 19.9 Å². The summed E-state index contributed by atoms with van der Waals surface area (Å²) >= 11 is 0. The number of aromatic hydroxyl groups is 1. The van der Waals surface area contributed by atoms with E-state index in [4.69, 9.17) is 0 Å². The van der Waals surface area contributed by atoms with Gasteiger partial charge in [-0.2, -0.15) is 5.10 Å². The van der Waals surface area contributed by atoms with E-state index >= 15 is 0 Å². The van der Waals surface area contributed by atoms with Crippen LogP contribution in [0.15, 0.2) is 43.1 Å². The van der Waals surface area contributed by atoms with Gasteiger partial charge in [0.15, 0.2) is 5.65 Å². The predicted octanol–water partition coefficient (Wildman–Crippen LogP) is 1.78. The van der Waals surface area contributed by atoms with E-state index < -0.39 is 0 Å². The van der Waals surface area contributed by atoms with E-state index in [1.807, 2.05) is 6.07 Å². The second kappa shape index (κ2) is 7.88. The van der Waals surface area contributed by atoms with Crippen LogP contribution in [0.25, 0.3) is 28.2 Å². The smallest absolute Gasteiger partial charge is 0.245 e. The van der Waals surface area contributed by atoms with Crippen molar-refractivity contribution in [3.05, 3.63) is 43.1 Å². The molecular formula is C21H23N9O. The van der Waals surface area contributed by atoms with E-state index in [1.165, 1.54) is 6.33 Å². The van der Waals surface area contributed by atoms with Crippen LogP contribution in [0.1, 0.15) is 13.8 Å². The first-order chi connectivity index (χ1) is 15.1. The first kappa shape index (κ1) is 19.3. The lowest BCUT2D eigenvalue weighted by Crippen LogP contribution is -2.53. The molecule has 31 heavy (non-hydrogen) atoms. The van der Waals surface area contributed by atoms with Crippen molar-refractivity contribution in [1.29, 1.82) is 0 Å². The number of nitrogens with one attached hydrogen (secondary N) is 1. The van der Waals surface area contributed by atoms with Crippen LogP contribution >= 0.6 is 0 Å². The quantitative estimate of drug-likeness (QED) is 0.512. The van der Waals surface area contributed by atoms with E-state index in [0.717, 1.165) is 25.2 Å². The van der Waals surface area contributed by atoms with Crippen LogP contribution in [0, 0.1) is 5.92 Å². The summed E-state index contributed by atoms with van der Waals surface area (Å²) in [5.74, 6) is 1.23. The Hall–Kier alpha value is -3.66. The molecule has 5 rings (SSSR count). The third-order valence-corrected chi connectivity index (χ3v) is 5.58. The summed E-state index contributed by atoms with van der Waals surface area (Å²) in [6.45, 7) is 6.99. The molecule has 1 aliphatic rings. The van der Waals surface area contributed by atoms with Gasteiger partial charge in [-0.3, -0.25) is 4.98 Å². The minimum atomic E-state index is 0.0869. The monoisotopic (exact) mass is 417 g/mol. The summed E-state index contributed by atoms with van der Waals surface area (Å²) in [5, 5.41) is 26.9. The van der Waals surface area contributed by atoms with Crippen molar-refractivity contribution < 1.29 is 5.11 Å². The lowest BCUT2D eigenvalue weighted by atomic mass is 10.0. The third-order valence-electron chi connectivity index (χ3n) is 5.58. The van der Waals surface area contributed by atoms with E-state index in [0.29, 0.717) is 40.5 Å². The zero-order valence-corrected chi connectivity index (χ0v) is 17.3. The van der Waals surface area contributed by atoms with Crippen LogP contribution in [-0.2, 0) is 0 Å². The Balaban J connectivity index is 1.37. The number of phenolic OH excluding ortho intramolecular Hbond substituents is 1. The molecule has 1 saturated heterocycles. The van der Waals surface area contributed by atoms with Gasteiger partial charge in [-0.1, -0.05) is 19.9 Å². The highest BCUT2D eigenvalue weighted by Gasteiger charge is 2.23. The van der Waals surface area contributed by atoms with Crippen LogP contribution in [0.3, 0.4) is 0 Å². The van der Waals surface area contributed by atoms with E-state index in [2.05, 4.69) is 54.3 Å². The van der Waals surface area contributed by atoms with E-state index in [9.17, 15) is 5.11 Å². The van der Waals surface area contributed by atoms with Crippen molar-refractivity contribution in [2.24, 2.45) is 5.92 Å². The normalized spacial score (nSPS) is 16.9. The van der Waals surface area contributed by atoms with Gasteiger partial charge in [0.1, 0.15) is 17.8 Å². The van der Waals surface area contributed by atoms with Crippen LogP contribution in [0.2, 0.25) is 0 Å². The number of nitrogens with zero attached hydrogens (tertiary/aromatic N) is 8. The lowest BCUT2D eigenvalue weighted by molar-refractivity contribution is 0.365. The molecule has 1 aromatic carbocycles. The van der Waals surface area contributed by atoms with Gasteiger partial charge in [-0.05, 0) is 18.1 Å². The molecule has 0 saturated carbocycles. The topological polar surface area (TPSA) is 117 Å². The van der Waals surface area contributed by atoms with Crippen molar-refractivity contribution in [1.82, 2.24) is 40.1 Å². The maximum Gasteiger partial charge on any atom is 0.245 e. The molecular weight excluding hydrogens is 394 g/mol. The molecule has 4 aromatic rings. The minimum absolute atomic E-state index is 0.0869. The summed E-state index contributed by atoms with van der Waals surface area (Å²) < 4.78 is 1.64. The number of hydrogen-bond acceptors (Lipinski definition) is 9. The lowest BCUT2D eigenvalue weighted by Gasteiger charge is -2.35. The molecule has 0 aliphatic carbocycles. The fourth-order valence-electron chi connectivity index (χ4n) is 3.73. The molecule has 3 aromatic heterocycles. The summed E-state index contributed by atoms with van der Waals surface area (Å²) in [5.41, 5.74) is 3.19. The van der Waals surface area contributed by atoms with Crippen molar-refractivity contribution >= 4 is 11.6 Å². The van der Waals surface area contributed by atoms with Crippen molar-refractivity contribution in [3.8, 4) is 28.3 Å². The highest BCUT2D eigenvalue weighted by Crippen LogP contribution is 2.31. The molecule has 0 amide bonds. The predicted molar refractivity (Wildman–Crippen MR) is 116 cm³/mol. The van der Waals surface area contributed by atoms with Gasteiger partial charge in [-0.25, -0.2) is 14.5 Å². The Morgan fingerprint density at radius 3 is 2.77 bits per heavy atom. The van der Waals surface area contributed by atoms with Crippen molar-refractivity contribution in [2.75, 3.05) is 24.5 Å². The fourth-order valence-corrected chi connectivity index (χ4v) is 3.73. The molecule has 1 atom stereocenters. The molecule has 158 valence electrons. The number of benzene rings is 1. The molecule has 0 radical (unpaired) electrons. The molecule has 10 nitrogen and oxygen atoms in total. The van der Waals surface area contributed by atoms with Gasteiger partial charge in [0, 0.05) is 36.8 Å². The van der Waals surface area contributed by atoms with Crippen LogP contribution in [0.4, 0.5) is 5.95 Å². The Kier molecular flexibility index (Phi) is 4.91. The molecule has 0 unspecified atom stereocenters. The van der Waals surface area contributed by atoms with Gasteiger partial charge >= 0.3 is 0 Å². The third kappa shape index (κ3) is 3.77. The summed E-state index contributed by atoms with van der Waals surface area (Å²) in [6.07, 6.45) is 6.54. The van der Waals surface area contributed by atoms with Gasteiger partial charge in [0.25, 0.3) is 0 Å². The van der Waals surface area contributed by atoms with Gasteiger partial charge in [0.05, 0.1) is 24.3 Å². The Morgan fingerprint density at radius 2 is 2.00 bits per heavy atom. The number of rotatable bonds is 4. The average Bonchev–Trinajstić information content (AvgIpc) is 3.27. The fraction of sp³-hybridized carbons (Fsp3) is 0.333. The molecule has 4 heterocycles. The average molecular weight is 417 g/mol. The number of hydrogen-bond donors (Lipinski definition) is 2. The standard InChI is InChI=1S/C21H23N9O/c1-13(2)17-10-29(6-5-22-17)21-24-8-16(27-28-21)15-4-3-14(7-19(15)31)18-11-30-20(9-23-18)25-12-26-30/h3-4,7-9,11-13,17,22,31H,5-6,10H2,1-2H3/t17-/m1/s1. The second-order valence-electron chi connectivity index (χ2n) is 7.96. The number of aromatic nitrogens is 7. The van der Waals surface area contributed by atoms with Crippen LogP contribution in [-0.4, -0.2) is 65.5 Å². The Labute approximate surface area is 179 Å². The number of fused-ring (bicyclic) bond motifs is 1. The van der Waals surface area contributed by atoms with Crippen molar-refractivity contribution in [3.63, 3.8) is 0 Å². The molecule has 2 N–H and O–H groups in total. The van der Waals surface area contributed by atoms with Crippen LogP contribution < -0.4 is 10.2 Å². The Bertz CT molecular complexity index is 1210. The highest BCUT2D eigenvalue weighted by molar-refractivity contribution is 5.72. The molecule has 10 heteroatoms. The first-order valence-electron chi connectivity index (χ1n) is 10.3. The SMILES string of the molecule is CC(C)[C@H]1CN(c2ncc(-c3ccc(-c4cn5ncnc5cn4)cc3O)nn2)CCN1. The summed E-state index contributed by atoms with van der Waals surface area (Å²) in [7, 11) is 0. The molecule has 0 spiro atoms. The van der Waals surface area contributed by atoms with E-state index in [1.54, 1.807) is 35.2 Å². The maximum atomic E-state index is 10.6. The zero-order valence-electron chi connectivity index (χ0n) is 17.3. The summed E-state index contributed by atoms with van der Waals surface area (Å²) in [6, 6.07) is 5.72. The minimum Gasteiger partial charge on any atom is -0.507 e. The first-order valence-corrected chi connectivity index (χ1v) is 10.3. The Morgan fingerprint density at radius 1 is 1.10 bits per heavy atom. The number of phenols is 1. The maximum absolute atomic E-state index is 10.6. The highest BCUT2D eigenvalue weighted by atomic mass is 16.3. The van der Waals surface area contributed by atoms with Gasteiger partial charge in [0.2, 0.25) is 5.95 Å². The van der Waals surface area contributed by atoms with Crippen LogP contribution in [0.5, 0.6) is 5.75 Å². The number of piperazine rings is 1. The van der Waals surface area contributed by atoms with E-state index in [-0.39, 0.29) is 5.75 Å². The summed E-state index contributed by atoms with van der Waals surface area (Å²) in [4.78, 5) is 15.1. The molecule has 1 aliphatic heterocycles. The largest absolute Gasteiger partial charge is 0.507 e. The molecule has 0 bridgehead atoms. The van der Waals surface area contributed by atoms with Gasteiger partial charge in [-0.15, -0.1) is 10.2 Å². The second-order valence-corrected chi connectivity index (χ2v) is 7.96.